The highest BCUT2D eigenvalue weighted by Gasteiger charge is 2.06. The van der Waals surface area contributed by atoms with Gasteiger partial charge in [-0.2, -0.15) is 0 Å². The van der Waals surface area contributed by atoms with Crippen LogP contribution in [0.15, 0.2) is 22.9 Å². The molecule has 2 aromatic heterocycles. The first-order chi connectivity index (χ1) is 7.81. The van der Waals surface area contributed by atoms with E-state index < -0.39 is 0 Å². The molecule has 0 fully saturated rings. The maximum absolute atomic E-state index is 5.83. The van der Waals surface area contributed by atoms with E-state index in [1.807, 2.05) is 12.4 Å². The van der Waals surface area contributed by atoms with Crippen LogP contribution in [0.4, 0.5) is 0 Å². The predicted octanol–water partition coefficient (Wildman–Crippen LogP) is 4.56. The van der Waals surface area contributed by atoms with Crippen molar-refractivity contribution in [3.8, 4) is 0 Å². The molecule has 0 aliphatic rings. The summed E-state index contributed by atoms with van der Waals surface area (Å²) in [6.07, 6.45) is 9.87. The highest BCUT2D eigenvalue weighted by molar-refractivity contribution is 14.1. The Morgan fingerprint density at radius 3 is 2.88 bits per heavy atom. The number of halogens is 1. The first kappa shape index (κ1) is 11.9. The maximum Gasteiger partial charge on any atom is 0.150 e. The molecule has 0 spiro atoms. The van der Waals surface area contributed by atoms with Crippen LogP contribution < -0.4 is 0 Å². The summed E-state index contributed by atoms with van der Waals surface area (Å²) in [5, 5.41) is 1.12. The van der Waals surface area contributed by atoms with Gasteiger partial charge in [-0.15, -0.1) is 0 Å². The van der Waals surface area contributed by atoms with E-state index in [-0.39, 0.29) is 0 Å². The van der Waals surface area contributed by atoms with Crippen molar-refractivity contribution in [3.63, 3.8) is 0 Å². The number of fused-ring (bicyclic) bond motifs is 1. The average Bonchev–Trinajstić information content (AvgIpc) is 2.69. The molecule has 2 nitrogen and oxygen atoms in total. The molecule has 0 unspecified atom stereocenters. The van der Waals surface area contributed by atoms with E-state index in [1.165, 1.54) is 25.7 Å². The van der Waals surface area contributed by atoms with Gasteiger partial charge < -0.3 is 4.42 Å². The molecule has 0 saturated carbocycles. The molecule has 2 aromatic rings. The predicted molar refractivity (Wildman–Crippen MR) is 74.6 cm³/mol. The fraction of sp³-hybridized carbons (Fsp3) is 0.462. The van der Waals surface area contributed by atoms with Gasteiger partial charge in [-0.3, -0.25) is 4.98 Å². The summed E-state index contributed by atoms with van der Waals surface area (Å²) in [7, 11) is 0. The second-order valence-corrected chi connectivity index (χ2v) is 5.23. The molecule has 0 bridgehead atoms. The Balaban J connectivity index is 2.05. The Morgan fingerprint density at radius 2 is 2.12 bits per heavy atom. The summed E-state index contributed by atoms with van der Waals surface area (Å²) in [5.74, 6) is 1.09. The van der Waals surface area contributed by atoms with Crippen molar-refractivity contribution >= 4 is 33.6 Å². The van der Waals surface area contributed by atoms with Gasteiger partial charge in [0, 0.05) is 24.2 Å². The largest absolute Gasteiger partial charge is 0.460 e. The van der Waals surface area contributed by atoms with Gasteiger partial charge in [-0.1, -0.05) is 26.2 Å². The van der Waals surface area contributed by atoms with E-state index in [4.69, 9.17) is 4.42 Å². The number of furan rings is 1. The highest BCUT2D eigenvalue weighted by Crippen LogP contribution is 2.24. The minimum Gasteiger partial charge on any atom is -0.460 e. The number of rotatable bonds is 5. The SMILES string of the molecule is CCCCCCc1cc2cncc(I)c2o1. The number of pyridine rings is 1. The zero-order chi connectivity index (χ0) is 11.4. The van der Waals surface area contributed by atoms with E-state index in [2.05, 4.69) is 40.6 Å². The molecule has 86 valence electrons. The molecule has 0 radical (unpaired) electrons. The molecule has 0 N–H and O–H groups in total. The fourth-order valence-electron chi connectivity index (χ4n) is 1.83. The van der Waals surface area contributed by atoms with E-state index in [0.717, 1.165) is 26.7 Å². The van der Waals surface area contributed by atoms with Crippen LogP contribution in [-0.2, 0) is 6.42 Å². The van der Waals surface area contributed by atoms with Crippen molar-refractivity contribution in [1.29, 1.82) is 0 Å². The number of nitrogens with zero attached hydrogens (tertiary/aromatic N) is 1. The van der Waals surface area contributed by atoms with Gasteiger partial charge in [0.25, 0.3) is 0 Å². The van der Waals surface area contributed by atoms with Crippen LogP contribution in [0, 0.1) is 3.57 Å². The topological polar surface area (TPSA) is 26.0 Å². The Morgan fingerprint density at radius 1 is 1.25 bits per heavy atom. The lowest BCUT2D eigenvalue weighted by Crippen LogP contribution is -1.81. The summed E-state index contributed by atoms with van der Waals surface area (Å²) in [4.78, 5) is 4.17. The summed E-state index contributed by atoms with van der Waals surface area (Å²) < 4.78 is 6.92. The van der Waals surface area contributed by atoms with E-state index in [1.54, 1.807) is 0 Å². The smallest absolute Gasteiger partial charge is 0.150 e. The van der Waals surface area contributed by atoms with Crippen LogP contribution in [0.1, 0.15) is 38.4 Å². The third kappa shape index (κ3) is 2.75. The molecule has 2 heterocycles. The minimum atomic E-state index is 0.987. The van der Waals surface area contributed by atoms with Crippen molar-refractivity contribution in [1.82, 2.24) is 4.98 Å². The molecule has 0 saturated heterocycles. The third-order valence-corrected chi connectivity index (χ3v) is 3.48. The maximum atomic E-state index is 5.83. The van der Waals surface area contributed by atoms with E-state index in [9.17, 15) is 0 Å². The normalized spacial score (nSPS) is 11.1. The summed E-state index contributed by atoms with van der Waals surface area (Å²) in [6.45, 7) is 2.23. The Hall–Kier alpha value is -0.580. The standard InChI is InChI=1S/C13H16INO/c1-2-3-4-5-6-11-7-10-8-15-9-12(14)13(10)16-11/h7-9H,2-6H2,1H3. The molecule has 0 aliphatic carbocycles. The molecule has 0 aromatic carbocycles. The van der Waals surface area contributed by atoms with Crippen molar-refractivity contribution in [2.45, 2.75) is 39.0 Å². The van der Waals surface area contributed by atoms with Crippen molar-refractivity contribution in [2.24, 2.45) is 0 Å². The van der Waals surface area contributed by atoms with Crippen molar-refractivity contribution in [3.05, 3.63) is 27.8 Å². The average molecular weight is 329 g/mol. The highest BCUT2D eigenvalue weighted by atomic mass is 127. The molecular weight excluding hydrogens is 313 g/mol. The Kier molecular flexibility index (Phi) is 4.21. The molecule has 0 aliphatic heterocycles. The van der Waals surface area contributed by atoms with Crippen LogP contribution in [0.2, 0.25) is 0 Å². The van der Waals surface area contributed by atoms with Crippen LogP contribution in [0.3, 0.4) is 0 Å². The summed E-state index contributed by atoms with van der Waals surface area (Å²) >= 11 is 2.27. The Bertz CT molecular complexity index is 464. The zero-order valence-electron chi connectivity index (χ0n) is 9.50. The van der Waals surface area contributed by atoms with Crippen LogP contribution >= 0.6 is 22.6 Å². The van der Waals surface area contributed by atoms with Crippen LogP contribution in [0.5, 0.6) is 0 Å². The lowest BCUT2D eigenvalue weighted by atomic mass is 10.1. The summed E-state index contributed by atoms with van der Waals surface area (Å²) in [6, 6.07) is 2.12. The monoisotopic (exact) mass is 329 g/mol. The molecule has 0 atom stereocenters. The number of hydrogen-bond donors (Lipinski definition) is 0. The van der Waals surface area contributed by atoms with Gasteiger partial charge in [0.05, 0.1) is 3.57 Å². The van der Waals surface area contributed by atoms with Gasteiger partial charge in [0.15, 0.2) is 5.58 Å². The lowest BCUT2D eigenvalue weighted by molar-refractivity contribution is 0.526. The third-order valence-electron chi connectivity index (χ3n) is 2.71. The molecule has 16 heavy (non-hydrogen) atoms. The second-order valence-electron chi connectivity index (χ2n) is 4.06. The lowest BCUT2D eigenvalue weighted by Gasteiger charge is -1.96. The fourth-order valence-corrected chi connectivity index (χ4v) is 2.41. The van der Waals surface area contributed by atoms with Gasteiger partial charge in [-0.25, -0.2) is 0 Å². The first-order valence-corrected chi connectivity index (χ1v) is 6.91. The van der Waals surface area contributed by atoms with Crippen molar-refractivity contribution < 1.29 is 4.42 Å². The minimum absolute atomic E-state index is 0.987. The Labute approximate surface area is 110 Å². The first-order valence-electron chi connectivity index (χ1n) is 5.83. The van der Waals surface area contributed by atoms with Gasteiger partial charge >= 0.3 is 0 Å². The van der Waals surface area contributed by atoms with E-state index >= 15 is 0 Å². The number of unbranched alkanes of at least 4 members (excludes halogenated alkanes) is 3. The molecule has 2 rings (SSSR count). The quantitative estimate of drug-likeness (QED) is 0.594. The molecule has 3 heteroatoms. The second kappa shape index (κ2) is 5.66. The number of aromatic nitrogens is 1. The number of hydrogen-bond acceptors (Lipinski definition) is 2. The summed E-state index contributed by atoms with van der Waals surface area (Å²) in [5.41, 5.74) is 0.987. The molecular formula is C13H16INO. The van der Waals surface area contributed by atoms with Crippen LogP contribution in [0.25, 0.3) is 11.0 Å². The van der Waals surface area contributed by atoms with E-state index in [0.29, 0.717) is 0 Å². The van der Waals surface area contributed by atoms with Gasteiger partial charge in [0.1, 0.15) is 5.76 Å². The van der Waals surface area contributed by atoms with Crippen molar-refractivity contribution in [2.75, 3.05) is 0 Å². The molecule has 0 amide bonds. The van der Waals surface area contributed by atoms with Gasteiger partial charge in [0.2, 0.25) is 0 Å². The van der Waals surface area contributed by atoms with Gasteiger partial charge in [-0.05, 0) is 35.1 Å². The number of aryl methyl sites for hydroxylation is 1. The van der Waals surface area contributed by atoms with Crippen LogP contribution in [-0.4, -0.2) is 4.98 Å². The zero-order valence-corrected chi connectivity index (χ0v) is 11.7.